The lowest BCUT2D eigenvalue weighted by molar-refractivity contribution is 0.474. The number of aromatic hydroxyl groups is 1. The van der Waals surface area contributed by atoms with Gasteiger partial charge in [0, 0.05) is 10.8 Å². The van der Waals surface area contributed by atoms with Gasteiger partial charge in [0.1, 0.15) is 5.75 Å². The minimum absolute atomic E-state index is 0. The van der Waals surface area contributed by atoms with Gasteiger partial charge in [0.2, 0.25) is 0 Å². The molecule has 0 spiro atoms. The first kappa shape index (κ1) is 11.0. The molecule has 0 unspecified atom stereocenters. The van der Waals surface area contributed by atoms with Crippen LogP contribution in [0, 0.1) is 0 Å². The van der Waals surface area contributed by atoms with Crippen molar-refractivity contribution in [3.8, 4) is 5.75 Å². The highest BCUT2D eigenvalue weighted by Gasteiger charge is 2.19. The van der Waals surface area contributed by atoms with E-state index in [2.05, 4.69) is 18.0 Å². The monoisotopic (exact) mass is 233 g/mol. The molecule has 0 radical (unpaired) electrons. The van der Waals surface area contributed by atoms with Crippen LogP contribution in [-0.4, -0.2) is 5.11 Å². The van der Waals surface area contributed by atoms with E-state index in [1.165, 1.54) is 11.1 Å². The molecule has 3 rings (SSSR count). The Labute approximate surface area is 99.7 Å². The van der Waals surface area contributed by atoms with Crippen LogP contribution in [0.5, 0.6) is 5.75 Å². The van der Waals surface area contributed by atoms with E-state index >= 15 is 0 Å². The summed E-state index contributed by atoms with van der Waals surface area (Å²) >= 11 is 0. The van der Waals surface area contributed by atoms with Gasteiger partial charge in [-0.15, -0.1) is 12.4 Å². The summed E-state index contributed by atoms with van der Waals surface area (Å²) in [6, 6.07) is 5.34. The fourth-order valence-electron chi connectivity index (χ4n) is 2.16. The van der Waals surface area contributed by atoms with Crippen molar-refractivity contribution in [1.82, 2.24) is 0 Å². The van der Waals surface area contributed by atoms with Crippen molar-refractivity contribution >= 4 is 18.0 Å². The van der Waals surface area contributed by atoms with E-state index < -0.39 is 0 Å². The zero-order valence-corrected chi connectivity index (χ0v) is 9.71. The van der Waals surface area contributed by atoms with Gasteiger partial charge in [0.25, 0.3) is 0 Å². The van der Waals surface area contributed by atoms with Crippen molar-refractivity contribution in [1.29, 1.82) is 0 Å². The van der Waals surface area contributed by atoms with E-state index in [4.69, 9.17) is 0 Å². The standard InChI is InChI=1S/C13H11NO.ClH/c1-2-8-3-5-12-13(8)10-7-9(15)4-6-11(10)14-12;/h3-7,15H,2H2,1H3;1H. The van der Waals surface area contributed by atoms with Crippen molar-refractivity contribution in [2.45, 2.75) is 13.3 Å². The summed E-state index contributed by atoms with van der Waals surface area (Å²) in [6.45, 7) is 2.14. The highest BCUT2D eigenvalue weighted by molar-refractivity contribution is 5.85. The summed E-state index contributed by atoms with van der Waals surface area (Å²) in [5, 5.41) is 11.5. The van der Waals surface area contributed by atoms with Crippen LogP contribution in [0.3, 0.4) is 0 Å². The van der Waals surface area contributed by atoms with Gasteiger partial charge >= 0.3 is 0 Å². The first-order chi connectivity index (χ1) is 7.29. The molecule has 2 aliphatic rings. The lowest BCUT2D eigenvalue weighted by Gasteiger charge is -2.00. The second-order valence-electron chi connectivity index (χ2n) is 3.79. The molecule has 16 heavy (non-hydrogen) atoms. The van der Waals surface area contributed by atoms with Crippen molar-refractivity contribution < 1.29 is 5.11 Å². The third-order valence-corrected chi connectivity index (χ3v) is 2.89. The molecular weight excluding hydrogens is 222 g/mol. The van der Waals surface area contributed by atoms with Crippen LogP contribution in [0.15, 0.2) is 46.6 Å². The molecule has 3 heteroatoms. The first-order valence-electron chi connectivity index (χ1n) is 5.13. The van der Waals surface area contributed by atoms with Crippen LogP contribution in [-0.2, 0) is 0 Å². The molecule has 0 saturated carbocycles. The third-order valence-electron chi connectivity index (χ3n) is 2.89. The molecule has 1 aromatic carbocycles. The summed E-state index contributed by atoms with van der Waals surface area (Å²) in [5.74, 6) is 0.306. The largest absolute Gasteiger partial charge is 0.508 e. The molecule has 0 bridgehead atoms. The number of rotatable bonds is 1. The first-order valence-corrected chi connectivity index (χ1v) is 5.13. The maximum absolute atomic E-state index is 9.48. The quantitative estimate of drug-likeness (QED) is 0.789. The summed E-state index contributed by atoms with van der Waals surface area (Å²) in [6.07, 6.45) is 5.16. The SMILES string of the molecule is CCC1=CC=C2N=c3ccc(O)cc3=C12.Cl. The average molecular weight is 234 g/mol. The molecule has 0 fully saturated rings. The Kier molecular flexibility index (Phi) is 2.60. The number of hydrogen-bond donors (Lipinski definition) is 1. The highest BCUT2D eigenvalue weighted by Crippen LogP contribution is 2.30. The van der Waals surface area contributed by atoms with Crippen molar-refractivity contribution in [2.75, 3.05) is 0 Å². The van der Waals surface area contributed by atoms with Crippen molar-refractivity contribution in [3.63, 3.8) is 0 Å². The molecule has 1 aliphatic heterocycles. The Bertz CT molecular complexity index is 626. The maximum atomic E-state index is 9.48. The lowest BCUT2D eigenvalue weighted by Crippen LogP contribution is -2.22. The number of benzene rings is 1. The predicted octanol–water partition coefficient (Wildman–Crippen LogP) is 1.83. The zero-order valence-electron chi connectivity index (χ0n) is 8.90. The molecule has 1 aliphatic carbocycles. The van der Waals surface area contributed by atoms with E-state index in [0.29, 0.717) is 5.75 Å². The third kappa shape index (κ3) is 1.38. The summed E-state index contributed by atoms with van der Waals surface area (Å²) < 4.78 is 0. The summed E-state index contributed by atoms with van der Waals surface area (Å²) in [4.78, 5) is 4.51. The van der Waals surface area contributed by atoms with Gasteiger partial charge < -0.3 is 5.11 Å². The number of phenols is 1. The van der Waals surface area contributed by atoms with Crippen LogP contribution in [0.4, 0.5) is 0 Å². The molecular formula is C13H12ClNO. The fourth-order valence-corrected chi connectivity index (χ4v) is 2.16. The smallest absolute Gasteiger partial charge is 0.116 e. The van der Waals surface area contributed by atoms with Crippen LogP contribution in [0.25, 0.3) is 5.57 Å². The molecule has 2 nitrogen and oxygen atoms in total. The zero-order chi connectivity index (χ0) is 10.4. The van der Waals surface area contributed by atoms with E-state index in [-0.39, 0.29) is 12.4 Å². The molecule has 0 amide bonds. The Morgan fingerprint density at radius 3 is 2.81 bits per heavy atom. The van der Waals surface area contributed by atoms with Gasteiger partial charge in [0.15, 0.2) is 0 Å². The summed E-state index contributed by atoms with van der Waals surface area (Å²) in [5.41, 5.74) is 3.54. The van der Waals surface area contributed by atoms with E-state index in [1.54, 1.807) is 12.1 Å². The Balaban J connectivity index is 0.000000963. The molecule has 1 aromatic rings. The Morgan fingerprint density at radius 2 is 2.06 bits per heavy atom. The van der Waals surface area contributed by atoms with Gasteiger partial charge in [-0.25, -0.2) is 4.99 Å². The van der Waals surface area contributed by atoms with Gasteiger partial charge in [-0.3, -0.25) is 0 Å². The Morgan fingerprint density at radius 1 is 1.25 bits per heavy atom. The van der Waals surface area contributed by atoms with Gasteiger partial charge in [-0.2, -0.15) is 0 Å². The number of halogens is 1. The number of allylic oxidation sites excluding steroid dienone is 3. The van der Waals surface area contributed by atoms with Crippen LogP contribution >= 0.6 is 12.4 Å². The van der Waals surface area contributed by atoms with Gasteiger partial charge in [-0.1, -0.05) is 13.0 Å². The van der Waals surface area contributed by atoms with Gasteiger partial charge in [0.05, 0.1) is 11.1 Å². The number of fused-ring (bicyclic) bond motifs is 2. The Hall–Kier alpha value is -1.54. The second-order valence-corrected chi connectivity index (χ2v) is 3.79. The van der Waals surface area contributed by atoms with Crippen LogP contribution in [0.1, 0.15) is 13.3 Å². The van der Waals surface area contributed by atoms with E-state index in [9.17, 15) is 5.11 Å². The number of nitrogens with zero attached hydrogens (tertiary/aromatic N) is 1. The fraction of sp³-hybridized carbons (Fsp3) is 0.154. The van der Waals surface area contributed by atoms with Crippen LogP contribution < -0.4 is 10.6 Å². The van der Waals surface area contributed by atoms with Crippen molar-refractivity contribution in [3.05, 3.63) is 52.2 Å². The topological polar surface area (TPSA) is 32.6 Å². The van der Waals surface area contributed by atoms with Gasteiger partial charge in [-0.05, 0) is 36.3 Å². The van der Waals surface area contributed by atoms with Crippen LogP contribution in [0.2, 0.25) is 0 Å². The average Bonchev–Trinajstić information content (AvgIpc) is 2.76. The number of phenolic OH excluding ortho intramolecular Hbond substituents is 1. The van der Waals surface area contributed by atoms with Crippen molar-refractivity contribution in [2.24, 2.45) is 4.99 Å². The predicted molar refractivity (Wildman–Crippen MR) is 66.0 cm³/mol. The highest BCUT2D eigenvalue weighted by atomic mass is 35.5. The minimum atomic E-state index is 0. The van der Waals surface area contributed by atoms with E-state index in [0.717, 1.165) is 22.7 Å². The normalized spacial score (nSPS) is 15.7. The molecule has 0 aromatic heterocycles. The maximum Gasteiger partial charge on any atom is 0.116 e. The minimum Gasteiger partial charge on any atom is -0.508 e. The molecule has 1 N–H and O–H groups in total. The molecule has 82 valence electrons. The molecule has 0 atom stereocenters. The van der Waals surface area contributed by atoms with E-state index in [1.807, 2.05) is 12.1 Å². The number of hydrogen-bond acceptors (Lipinski definition) is 2. The molecule has 0 saturated heterocycles. The second kappa shape index (κ2) is 3.80. The summed E-state index contributed by atoms with van der Waals surface area (Å²) in [7, 11) is 0. The lowest BCUT2D eigenvalue weighted by atomic mass is 10.0. The molecule has 1 heterocycles.